The van der Waals surface area contributed by atoms with E-state index in [4.69, 9.17) is 25.8 Å². The van der Waals surface area contributed by atoms with Gasteiger partial charge < -0.3 is 19.5 Å². The number of carbonyl (C=O) groups is 1. The molecular formula is C20H18ClNO4. The van der Waals surface area contributed by atoms with Crippen LogP contribution in [0.25, 0.3) is 10.8 Å². The van der Waals surface area contributed by atoms with Crippen molar-refractivity contribution in [2.24, 2.45) is 0 Å². The lowest BCUT2D eigenvalue weighted by molar-refractivity contribution is -0.118. The van der Waals surface area contributed by atoms with E-state index < -0.39 is 0 Å². The van der Waals surface area contributed by atoms with E-state index in [1.165, 1.54) is 14.2 Å². The molecule has 6 heteroatoms. The van der Waals surface area contributed by atoms with E-state index in [0.29, 0.717) is 28.0 Å². The number of amides is 1. The molecule has 1 N–H and O–H groups in total. The number of methoxy groups -OCH3 is 2. The third-order valence-electron chi connectivity index (χ3n) is 3.86. The van der Waals surface area contributed by atoms with Crippen LogP contribution >= 0.6 is 11.6 Å². The van der Waals surface area contributed by atoms with Gasteiger partial charge in [-0.25, -0.2) is 0 Å². The van der Waals surface area contributed by atoms with Crippen LogP contribution in [0.4, 0.5) is 5.69 Å². The van der Waals surface area contributed by atoms with E-state index >= 15 is 0 Å². The van der Waals surface area contributed by atoms with Gasteiger partial charge in [0.05, 0.1) is 24.9 Å². The van der Waals surface area contributed by atoms with E-state index in [0.717, 1.165) is 10.8 Å². The van der Waals surface area contributed by atoms with Crippen molar-refractivity contribution >= 4 is 34.0 Å². The number of benzene rings is 3. The molecule has 0 saturated carbocycles. The van der Waals surface area contributed by atoms with E-state index in [-0.39, 0.29) is 12.5 Å². The maximum atomic E-state index is 12.3. The van der Waals surface area contributed by atoms with Gasteiger partial charge in [0.1, 0.15) is 17.2 Å². The quantitative estimate of drug-likeness (QED) is 0.691. The second-order valence-electron chi connectivity index (χ2n) is 5.50. The van der Waals surface area contributed by atoms with Crippen LogP contribution in [0.15, 0.2) is 54.6 Å². The molecule has 0 saturated heterocycles. The summed E-state index contributed by atoms with van der Waals surface area (Å²) in [6.07, 6.45) is 0. The van der Waals surface area contributed by atoms with Crippen LogP contribution in [0.1, 0.15) is 0 Å². The summed E-state index contributed by atoms with van der Waals surface area (Å²) in [5.74, 6) is 1.24. The minimum absolute atomic E-state index is 0.138. The molecular weight excluding hydrogens is 354 g/mol. The van der Waals surface area contributed by atoms with Gasteiger partial charge in [-0.2, -0.15) is 0 Å². The SMILES string of the molecule is COc1cc(OC)c(NC(=O)COc2cccc3ccccc23)cc1Cl. The maximum Gasteiger partial charge on any atom is 0.262 e. The Labute approximate surface area is 156 Å². The van der Waals surface area contributed by atoms with E-state index in [1.54, 1.807) is 12.1 Å². The highest BCUT2D eigenvalue weighted by Gasteiger charge is 2.13. The van der Waals surface area contributed by atoms with Gasteiger partial charge >= 0.3 is 0 Å². The van der Waals surface area contributed by atoms with Crippen LogP contribution in [0.3, 0.4) is 0 Å². The predicted molar refractivity (Wildman–Crippen MR) is 103 cm³/mol. The maximum absolute atomic E-state index is 12.3. The van der Waals surface area contributed by atoms with Crippen LogP contribution < -0.4 is 19.5 Å². The molecule has 0 fully saturated rings. The normalized spacial score (nSPS) is 10.4. The summed E-state index contributed by atoms with van der Waals surface area (Å²) in [4.78, 5) is 12.3. The highest BCUT2D eigenvalue weighted by atomic mass is 35.5. The molecule has 0 heterocycles. The number of hydrogen-bond acceptors (Lipinski definition) is 4. The number of anilines is 1. The van der Waals surface area contributed by atoms with Gasteiger partial charge in [0.2, 0.25) is 0 Å². The Kier molecular flexibility index (Phi) is 5.49. The minimum atomic E-state index is -0.322. The molecule has 3 aromatic carbocycles. The van der Waals surface area contributed by atoms with Gasteiger partial charge in [-0.1, -0.05) is 48.0 Å². The largest absolute Gasteiger partial charge is 0.495 e. The lowest BCUT2D eigenvalue weighted by Crippen LogP contribution is -2.20. The number of ether oxygens (including phenoxy) is 3. The molecule has 0 aromatic heterocycles. The summed E-state index contributed by atoms with van der Waals surface area (Å²) in [7, 11) is 3.02. The fourth-order valence-corrected chi connectivity index (χ4v) is 2.85. The predicted octanol–water partition coefficient (Wildman–Crippen LogP) is 4.53. The number of carbonyl (C=O) groups excluding carboxylic acids is 1. The number of fused-ring (bicyclic) bond motifs is 1. The summed E-state index contributed by atoms with van der Waals surface area (Å²) in [5.41, 5.74) is 0.449. The molecule has 134 valence electrons. The van der Waals surface area contributed by atoms with Crippen molar-refractivity contribution in [3.05, 3.63) is 59.6 Å². The van der Waals surface area contributed by atoms with Crippen molar-refractivity contribution < 1.29 is 19.0 Å². The topological polar surface area (TPSA) is 56.8 Å². The summed E-state index contributed by atoms with van der Waals surface area (Å²) in [5, 5.41) is 5.12. The molecule has 0 aliphatic carbocycles. The zero-order chi connectivity index (χ0) is 18.5. The summed E-state index contributed by atoms with van der Waals surface area (Å²) in [6, 6.07) is 16.7. The van der Waals surface area contributed by atoms with Crippen molar-refractivity contribution in [2.75, 3.05) is 26.1 Å². The second-order valence-corrected chi connectivity index (χ2v) is 5.91. The van der Waals surface area contributed by atoms with Crippen molar-refractivity contribution in [3.63, 3.8) is 0 Å². The van der Waals surface area contributed by atoms with E-state index in [9.17, 15) is 4.79 Å². The lowest BCUT2D eigenvalue weighted by Gasteiger charge is -2.14. The van der Waals surface area contributed by atoms with Crippen LogP contribution in [0.5, 0.6) is 17.2 Å². The Bertz CT molecular complexity index is 937. The average Bonchev–Trinajstić information content (AvgIpc) is 2.66. The monoisotopic (exact) mass is 371 g/mol. The number of hydrogen-bond donors (Lipinski definition) is 1. The molecule has 0 radical (unpaired) electrons. The molecule has 1 amide bonds. The first kappa shape index (κ1) is 17.9. The minimum Gasteiger partial charge on any atom is -0.495 e. The third-order valence-corrected chi connectivity index (χ3v) is 4.15. The summed E-state index contributed by atoms with van der Waals surface area (Å²) >= 11 is 6.12. The first-order valence-electron chi connectivity index (χ1n) is 7.94. The fraction of sp³-hybridized carbons (Fsp3) is 0.150. The van der Waals surface area contributed by atoms with Crippen molar-refractivity contribution in [1.29, 1.82) is 0 Å². The standard InChI is InChI=1S/C20H18ClNO4/c1-24-18-11-19(25-2)16(10-15(18)21)22-20(23)12-26-17-9-5-7-13-6-3-4-8-14(13)17/h3-11H,12H2,1-2H3,(H,22,23). The van der Waals surface area contributed by atoms with E-state index in [1.807, 2.05) is 42.5 Å². The first-order chi connectivity index (χ1) is 12.6. The Balaban J connectivity index is 1.72. The summed E-state index contributed by atoms with van der Waals surface area (Å²) in [6.45, 7) is -0.138. The Morgan fingerprint density at radius 3 is 2.46 bits per heavy atom. The second kappa shape index (κ2) is 7.97. The molecule has 0 aliphatic rings. The Hall–Kier alpha value is -2.92. The molecule has 3 aromatic rings. The Morgan fingerprint density at radius 1 is 0.962 bits per heavy atom. The van der Waals surface area contributed by atoms with Gasteiger partial charge in [0.25, 0.3) is 5.91 Å². The van der Waals surface area contributed by atoms with Crippen LogP contribution in [0, 0.1) is 0 Å². The van der Waals surface area contributed by atoms with Gasteiger partial charge in [0, 0.05) is 11.5 Å². The molecule has 3 rings (SSSR count). The fourth-order valence-electron chi connectivity index (χ4n) is 2.61. The number of rotatable bonds is 6. The van der Waals surface area contributed by atoms with Crippen molar-refractivity contribution in [1.82, 2.24) is 0 Å². The lowest BCUT2D eigenvalue weighted by atomic mass is 10.1. The molecule has 0 aliphatic heterocycles. The molecule has 0 spiro atoms. The van der Waals surface area contributed by atoms with Crippen molar-refractivity contribution in [3.8, 4) is 17.2 Å². The highest BCUT2D eigenvalue weighted by molar-refractivity contribution is 6.32. The number of nitrogens with one attached hydrogen (secondary N) is 1. The zero-order valence-corrected chi connectivity index (χ0v) is 15.2. The number of halogens is 1. The average molecular weight is 372 g/mol. The smallest absolute Gasteiger partial charge is 0.262 e. The van der Waals surface area contributed by atoms with Gasteiger partial charge in [-0.15, -0.1) is 0 Å². The third kappa shape index (κ3) is 3.83. The molecule has 0 unspecified atom stereocenters. The van der Waals surface area contributed by atoms with Crippen LogP contribution in [-0.2, 0) is 4.79 Å². The molecule has 5 nitrogen and oxygen atoms in total. The van der Waals surface area contributed by atoms with Crippen molar-refractivity contribution in [2.45, 2.75) is 0 Å². The van der Waals surface area contributed by atoms with E-state index in [2.05, 4.69) is 5.32 Å². The van der Waals surface area contributed by atoms with Gasteiger partial charge in [-0.3, -0.25) is 4.79 Å². The Morgan fingerprint density at radius 2 is 1.69 bits per heavy atom. The zero-order valence-electron chi connectivity index (χ0n) is 14.4. The molecule has 26 heavy (non-hydrogen) atoms. The van der Waals surface area contributed by atoms with Crippen LogP contribution in [0.2, 0.25) is 5.02 Å². The van der Waals surface area contributed by atoms with Gasteiger partial charge in [-0.05, 0) is 17.5 Å². The highest BCUT2D eigenvalue weighted by Crippen LogP contribution is 2.35. The van der Waals surface area contributed by atoms with Gasteiger partial charge in [0.15, 0.2) is 6.61 Å². The van der Waals surface area contributed by atoms with Crippen LogP contribution in [-0.4, -0.2) is 26.7 Å². The molecule has 0 bridgehead atoms. The summed E-state index contributed by atoms with van der Waals surface area (Å²) < 4.78 is 16.1. The molecule has 0 atom stereocenters. The first-order valence-corrected chi connectivity index (χ1v) is 8.32.